The van der Waals surface area contributed by atoms with Gasteiger partial charge in [0.15, 0.2) is 5.76 Å². The van der Waals surface area contributed by atoms with Crippen LogP contribution in [0.5, 0.6) is 11.8 Å². The fourth-order valence-electron chi connectivity index (χ4n) is 10.7. The van der Waals surface area contributed by atoms with Gasteiger partial charge in [-0.25, -0.2) is 9.97 Å². The summed E-state index contributed by atoms with van der Waals surface area (Å²) in [6.07, 6.45) is 12.5. The summed E-state index contributed by atoms with van der Waals surface area (Å²) in [5, 5.41) is 20.3. The van der Waals surface area contributed by atoms with E-state index >= 15 is 0 Å². The van der Waals surface area contributed by atoms with Crippen LogP contribution in [0.2, 0.25) is 0 Å². The molecular formula is C56H66N8O7S. The van der Waals surface area contributed by atoms with Gasteiger partial charge >= 0.3 is 0 Å². The zero-order valence-electron chi connectivity index (χ0n) is 41.9. The van der Waals surface area contributed by atoms with Crippen LogP contribution in [0.15, 0.2) is 95.4 Å². The lowest BCUT2D eigenvalue weighted by Gasteiger charge is -2.39. The zero-order chi connectivity index (χ0) is 49.9. The molecule has 10 rings (SSSR count). The molecule has 7 heterocycles. The molecule has 0 bridgehead atoms. The van der Waals surface area contributed by atoms with Crippen LogP contribution in [0.25, 0.3) is 43.4 Å². The lowest BCUT2D eigenvalue weighted by Crippen LogP contribution is -2.48. The second-order valence-electron chi connectivity index (χ2n) is 20.3. The van der Waals surface area contributed by atoms with Crippen molar-refractivity contribution in [1.82, 2.24) is 39.8 Å². The van der Waals surface area contributed by atoms with Crippen LogP contribution in [-0.4, -0.2) is 115 Å². The zero-order valence-corrected chi connectivity index (χ0v) is 42.7. The number of nitrogens with one attached hydrogen (secondary N) is 1. The third-order valence-corrected chi connectivity index (χ3v) is 15.9. The van der Waals surface area contributed by atoms with Gasteiger partial charge < -0.3 is 43.5 Å². The van der Waals surface area contributed by atoms with Gasteiger partial charge in [-0.05, 0) is 98.5 Å². The minimum Gasteiger partial charge on any atom is -0.476 e. The first-order valence-electron chi connectivity index (χ1n) is 25.7. The Morgan fingerprint density at radius 1 is 0.847 bits per heavy atom. The largest absolute Gasteiger partial charge is 0.476 e. The molecule has 0 unspecified atom stereocenters. The third kappa shape index (κ3) is 10.9. The highest BCUT2D eigenvalue weighted by Crippen LogP contribution is 2.36. The molecule has 0 spiro atoms. The van der Waals surface area contributed by atoms with Gasteiger partial charge in [0, 0.05) is 98.5 Å². The van der Waals surface area contributed by atoms with Crippen molar-refractivity contribution in [2.45, 2.75) is 121 Å². The molecule has 72 heavy (non-hydrogen) atoms. The molecule has 7 aromatic rings. The lowest BCUT2D eigenvalue weighted by molar-refractivity contribution is -0.141. The van der Waals surface area contributed by atoms with Crippen molar-refractivity contribution in [3.05, 3.63) is 108 Å². The maximum Gasteiger partial charge on any atom is 0.254 e. The number of likely N-dealkylation sites (tertiary alicyclic amines) is 2. The smallest absolute Gasteiger partial charge is 0.254 e. The summed E-state index contributed by atoms with van der Waals surface area (Å²) in [6, 6.07) is 21.3. The van der Waals surface area contributed by atoms with E-state index in [4.69, 9.17) is 18.7 Å². The molecule has 3 fully saturated rings. The number of fused-ring (bicyclic) bond motifs is 3. The van der Waals surface area contributed by atoms with Crippen LogP contribution in [0.3, 0.4) is 0 Å². The summed E-state index contributed by atoms with van der Waals surface area (Å²) in [4.78, 5) is 46.3. The Bertz CT molecular complexity index is 2960. The maximum atomic E-state index is 14.2. The second-order valence-corrected chi connectivity index (χ2v) is 21.1. The van der Waals surface area contributed by atoms with Crippen molar-refractivity contribution in [3.63, 3.8) is 0 Å². The molecule has 15 nitrogen and oxygen atoms in total. The molecule has 3 aliphatic rings. The highest BCUT2D eigenvalue weighted by Gasteiger charge is 2.44. The van der Waals surface area contributed by atoms with Gasteiger partial charge in [0.05, 0.1) is 52.6 Å². The molecule has 2 aliphatic heterocycles. The summed E-state index contributed by atoms with van der Waals surface area (Å²) in [7, 11) is 2.10. The van der Waals surface area contributed by atoms with Crippen molar-refractivity contribution in [3.8, 4) is 33.3 Å². The van der Waals surface area contributed by atoms with E-state index in [-0.39, 0.29) is 55.1 Å². The minimum absolute atomic E-state index is 0.0684. The number of rotatable bonds is 19. The Labute approximate surface area is 424 Å². The van der Waals surface area contributed by atoms with Crippen LogP contribution in [0, 0.1) is 12.8 Å². The number of aryl methyl sites for hydroxylation is 2. The maximum absolute atomic E-state index is 14.2. The number of nitrogens with zero attached hydrogens (tertiary/aromatic N) is 7. The van der Waals surface area contributed by atoms with Gasteiger partial charge in [0.25, 0.3) is 5.88 Å². The van der Waals surface area contributed by atoms with Crippen molar-refractivity contribution >= 4 is 45.0 Å². The molecule has 2 aromatic carbocycles. The molecule has 4 atom stereocenters. The van der Waals surface area contributed by atoms with Gasteiger partial charge in [-0.1, -0.05) is 50.2 Å². The Hall–Kier alpha value is -6.20. The van der Waals surface area contributed by atoms with E-state index in [9.17, 15) is 14.7 Å². The first-order valence-corrected chi connectivity index (χ1v) is 26.6. The third-order valence-electron chi connectivity index (χ3n) is 14.9. The lowest BCUT2D eigenvalue weighted by atomic mass is 9.91. The van der Waals surface area contributed by atoms with E-state index in [0.29, 0.717) is 24.1 Å². The van der Waals surface area contributed by atoms with E-state index in [2.05, 4.69) is 72.3 Å². The number of ether oxygens (including phenoxy) is 3. The normalized spacial score (nSPS) is 20.5. The number of β-amino-alcohol motifs (C(OH)–C–C–N with tert-alkyl or cyclic N) is 1. The van der Waals surface area contributed by atoms with E-state index in [1.165, 1.54) is 21.3 Å². The predicted molar refractivity (Wildman–Crippen MR) is 278 cm³/mol. The number of benzene rings is 2. The van der Waals surface area contributed by atoms with E-state index < -0.39 is 18.1 Å². The number of amides is 2. The first kappa shape index (κ1) is 49.4. The molecule has 16 heteroatoms. The molecule has 5 aromatic heterocycles. The number of unbranched alkanes of at least 4 members (excludes halogenated alkanes) is 2. The van der Waals surface area contributed by atoms with Crippen molar-refractivity contribution in [1.29, 1.82) is 0 Å². The monoisotopic (exact) mass is 994 g/mol. The quantitative estimate of drug-likeness (QED) is 0.0738. The molecule has 2 saturated heterocycles. The van der Waals surface area contributed by atoms with Crippen molar-refractivity contribution in [2.75, 3.05) is 32.8 Å². The number of aromatic nitrogens is 5. The number of carbonyl (C=O) groups excluding carboxylic acids is 2. The molecule has 1 saturated carbocycles. The highest BCUT2D eigenvalue weighted by molar-refractivity contribution is 7.13. The van der Waals surface area contributed by atoms with Crippen LogP contribution in [0.4, 0.5) is 0 Å². The summed E-state index contributed by atoms with van der Waals surface area (Å²) in [5.41, 5.74) is 9.35. The van der Waals surface area contributed by atoms with Crippen LogP contribution in [-0.2, 0) is 21.4 Å². The Balaban J connectivity index is 0.606. The second kappa shape index (κ2) is 21.9. The average Bonchev–Trinajstić information content (AvgIpc) is 4.18. The topological polar surface area (TPSA) is 170 Å². The molecular weight excluding hydrogens is 929 g/mol. The number of hydrogen-bond acceptors (Lipinski definition) is 13. The van der Waals surface area contributed by atoms with Gasteiger partial charge in [0.1, 0.15) is 18.1 Å². The van der Waals surface area contributed by atoms with E-state index in [1.807, 2.05) is 82.1 Å². The van der Waals surface area contributed by atoms with Gasteiger partial charge in [0.2, 0.25) is 17.7 Å². The van der Waals surface area contributed by atoms with E-state index in [1.54, 1.807) is 17.4 Å². The van der Waals surface area contributed by atoms with Crippen molar-refractivity contribution in [2.24, 2.45) is 13.0 Å². The Morgan fingerprint density at radius 3 is 2.39 bits per heavy atom. The summed E-state index contributed by atoms with van der Waals surface area (Å²) in [5.74, 6) is -0.0482. The van der Waals surface area contributed by atoms with Gasteiger partial charge in [-0.15, -0.1) is 11.3 Å². The SMILES string of the molecule is Cc1ncsc1-c1ccc([C@H](C)NC(=O)[C@@H]2C[C@@H](O)CN2C(=O)[C@@H](c2cc(OCCCCCN3CCC(OC4CC(Oc5ccc(-c6ccc7c8cnccc8n(C)c7c6)cn5)C4)CC3)no2)C(C)C)cc1. The fraction of sp³-hybridized carbons (Fsp3) is 0.464. The standard InChI is InChI=1S/C56H66N8O7S/c1-34(2)53(56(67)64-32-41(65)26-49(64)55(66)60-35(3)37-9-11-38(12-10-37)54-36(4)59-33-72-54)50-29-52(61-71-50)68-24-8-6-7-21-63-22-18-42(19-23-63)69-43-27-44(28-43)70-51-16-14-40(30-58-51)39-13-15-45-46-31-57-20-17-47(46)62(5)48(45)25-39/h9-17,20,25,29-31,33-35,41-44,49,53,65H,6-8,18-19,21-24,26-28,32H2,1-5H3,(H,60,66)/t35-,41+,43?,44?,49-,53+/m0/s1. The number of pyridine rings is 2. The number of piperidine rings is 1. The highest BCUT2D eigenvalue weighted by atomic mass is 32.1. The molecule has 2 amide bonds. The predicted octanol–water partition coefficient (Wildman–Crippen LogP) is 9.43. The fourth-order valence-corrected chi connectivity index (χ4v) is 11.5. The van der Waals surface area contributed by atoms with Crippen molar-refractivity contribution < 1.29 is 33.4 Å². The van der Waals surface area contributed by atoms with Crippen LogP contribution in [0.1, 0.15) is 101 Å². The minimum atomic E-state index is -0.811. The molecule has 2 N–H and O–H groups in total. The number of aliphatic hydroxyl groups excluding tert-OH is 1. The summed E-state index contributed by atoms with van der Waals surface area (Å²) < 4.78 is 26.6. The van der Waals surface area contributed by atoms with Gasteiger partial charge in [-0.2, -0.15) is 0 Å². The number of hydrogen-bond donors (Lipinski definition) is 2. The number of aliphatic hydroxyl groups is 1. The molecule has 378 valence electrons. The number of carbonyl (C=O) groups is 2. The first-order chi connectivity index (χ1) is 34.9. The molecule has 0 radical (unpaired) electrons. The molecule has 1 aliphatic carbocycles. The van der Waals surface area contributed by atoms with Crippen LogP contribution < -0.4 is 14.8 Å². The summed E-state index contributed by atoms with van der Waals surface area (Å²) >= 11 is 1.60. The summed E-state index contributed by atoms with van der Waals surface area (Å²) in [6.45, 7) is 11.5. The average molecular weight is 995 g/mol. The number of thiazole rings is 1. The van der Waals surface area contributed by atoms with Crippen LogP contribution >= 0.6 is 11.3 Å². The Kier molecular flexibility index (Phi) is 15.0. The van der Waals surface area contributed by atoms with Gasteiger partial charge in [-0.3, -0.25) is 14.6 Å². The Morgan fingerprint density at radius 2 is 1.64 bits per heavy atom. The van der Waals surface area contributed by atoms with E-state index in [0.717, 1.165) is 103 Å².